The fraction of sp³-hybridized carbons (Fsp3) is 0.250. The summed E-state index contributed by atoms with van der Waals surface area (Å²) in [6.07, 6.45) is 0. The standard InChI is InChI=1S/C24H22S4/c1-11-7-13(3)25-21(11)19-9-17-15(5)16(6)18-10-20(28-24(18)23(17)27-19)22-12(2)8-14(4)26-22/h7-10H,1-6H3. The van der Waals surface area contributed by atoms with Crippen LogP contribution in [0.3, 0.4) is 0 Å². The van der Waals surface area contributed by atoms with Gasteiger partial charge >= 0.3 is 0 Å². The lowest BCUT2D eigenvalue weighted by molar-refractivity contribution is 1.42. The van der Waals surface area contributed by atoms with Gasteiger partial charge in [-0.15, -0.1) is 45.3 Å². The Labute approximate surface area is 182 Å². The summed E-state index contributed by atoms with van der Waals surface area (Å²) in [5.41, 5.74) is 5.66. The first-order valence-corrected chi connectivity index (χ1v) is 12.7. The lowest BCUT2D eigenvalue weighted by Crippen LogP contribution is -1.81. The zero-order valence-corrected chi connectivity index (χ0v) is 20.2. The molecule has 0 atom stereocenters. The number of hydrogen-bond acceptors (Lipinski definition) is 4. The molecule has 4 aromatic heterocycles. The number of hydrogen-bond donors (Lipinski definition) is 0. The quantitative estimate of drug-likeness (QED) is 0.257. The van der Waals surface area contributed by atoms with Crippen molar-refractivity contribution in [2.24, 2.45) is 0 Å². The van der Waals surface area contributed by atoms with Gasteiger partial charge in [-0.05, 0) is 98.8 Å². The van der Waals surface area contributed by atoms with Gasteiger partial charge in [0.1, 0.15) is 0 Å². The molecule has 0 unspecified atom stereocenters. The average molecular weight is 439 g/mol. The van der Waals surface area contributed by atoms with E-state index in [0.717, 1.165) is 0 Å². The van der Waals surface area contributed by atoms with Crippen molar-refractivity contribution in [2.75, 3.05) is 0 Å². The monoisotopic (exact) mass is 438 g/mol. The van der Waals surface area contributed by atoms with Gasteiger partial charge in [-0.2, -0.15) is 0 Å². The van der Waals surface area contributed by atoms with Crippen molar-refractivity contribution in [3.8, 4) is 19.5 Å². The first kappa shape index (κ1) is 18.6. The minimum absolute atomic E-state index is 1.39. The van der Waals surface area contributed by atoms with Crippen molar-refractivity contribution in [1.82, 2.24) is 0 Å². The molecule has 4 heteroatoms. The summed E-state index contributed by atoms with van der Waals surface area (Å²) in [6, 6.07) is 9.48. The Kier molecular flexibility index (Phi) is 4.33. The highest BCUT2D eigenvalue weighted by Gasteiger charge is 2.19. The van der Waals surface area contributed by atoms with E-state index in [2.05, 4.69) is 65.8 Å². The molecular weight excluding hydrogens is 417 g/mol. The molecule has 0 fully saturated rings. The maximum Gasteiger partial charge on any atom is 0.0531 e. The SMILES string of the molecule is Cc1cc(C)c(-c2cc3c(C)c(C)c4cc(-c5sc(C)cc5C)sc4c3s2)s1. The second kappa shape index (κ2) is 6.53. The van der Waals surface area contributed by atoms with E-state index < -0.39 is 0 Å². The average Bonchev–Trinajstić information content (AvgIpc) is 3.37. The lowest BCUT2D eigenvalue weighted by Gasteiger charge is -2.04. The molecule has 0 amide bonds. The van der Waals surface area contributed by atoms with Gasteiger partial charge in [-0.1, -0.05) is 0 Å². The first-order valence-electron chi connectivity index (χ1n) is 9.44. The van der Waals surface area contributed by atoms with Crippen LogP contribution in [0.4, 0.5) is 0 Å². The number of aryl methyl sites for hydroxylation is 6. The third kappa shape index (κ3) is 2.73. The van der Waals surface area contributed by atoms with Gasteiger partial charge in [-0.3, -0.25) is 0 Å². The van der Waals surface area contributed by atoms with Crippen molar-refractivity contribution >= 4 is 65.5 Å². The molecule has 0 bridgehead atoms. The molecule has 0 aliphatic heterocycles. The Morgan fingerprint density at radius 3 is 1.21 bits per heavy atom. The normalized spacial score (nSPS) is 11.9. The van der Waals surface area contributed by atoms with Crippen molar-refractivity contribution in [3.63, 3.8) is 0 Å². The van der Waals surface area contributed by atoms with Crippen molar-refractivity contribution < 1.29 is 0 Å². The summed E-state index contributed by atoms with van der Waals surface area (Å²) in [7, 11) is 0. The van der Waals surface area contributed by atoms with E-state index in [9.17, 15) is 0 Å². The van der Waals surface area contributed by atoms with E-state index in [0.29, 0.717) is 0 Å². The first-order chi connectivity index (χ1) is 13.3. The predicted molar refractivity (Wildman–Crippen MR) is 132 cm³/mol. The zero-order valence-electron chi connectivity index (χ0n) is 16.9. The second-order valence-electron chi connectivity index (χ2n) is 7.70. The zero-order chi connectivity index (χ0) is 19.7. The molecule has 0 aliphatic rings. The van der Waals surface area contributed by atoms with E-state index in [-0.39, 0.29) is 0 Å². The second-order valence-corrected chi connectivity index (χ2v) is 12.3. The van der Waals surface area contributed by atoms with Crippen LogP contribution >= 0.6 is 45.3 Å². The van der Waals surface area contributed by atoms with Crippen LogP contribution in [0.25, 0.3) is 39.7 Å². The molecule has 1 aromatic carbocycles. The van der Waals surface area contributed by atoms with E-state index >= 15 is 0 Å². The summed E-state index contributed by atoms with van der Waals surface area (Å²) in [5.74, 6) is 0. The van der Waals surface area contributed by atoms with Gasteiger partial charge in [0.25, 0.3) is 0 Å². The Hall–Kier alpha value is -1.46. The number of benzene rings is 1. The summed E-state index contributed by atoms with van der Waals surface area (Å²) < 4.78 is 2.92. The van der Waals surface area contributed by atoms with Crippen LogP contribution in [0.5, 0.6) is 0 Å². The van der Waals surface area contributed by atoms with Crippen molar-refractivity contribution in [3.05, 3.63) is 56.3 Å². The Balaban J connectivity index is 1.81. The highest BCUT2D eigenvalue weighted by molar-refractivity contribution is 7.32. The van der Waals surface area contributed by atoms with E-state index in [1.807, 2.05) is 45.3 Å². The summed E-state index contributed by atoms with van der Waals surface area (Å²) in [6.45, 7) is 13.5. The molecule has 142 valence electrons. The molecule has 0 nitrogen and oxygen atoms in total. The van der Waals surface area contributed by atoms with Crippen LogP contribution in [0.15, 0.2) is 24.3 Å². The molecule has 0 spiro atoms. The maximum absolute atomic E-state index is 2.43. The third-order valence-corrected chi connectivity index (χ3v) is 10.7. The van der Waals surface area contributed by atoms with Crippen LogP contribution in [-0.4, -0.2) is 0 Å². The summed E-state index contributed by atoms with van der Waals surface area (Å²) in [5, 5.41) is 2.87. The maximum atomic E-state index is 2.43. The van der Waals surface area contributed by atoms with Gasteiger partial charge in [-0.25, -0.2) is 0 Å². The smallest absolute Gasteiger partial charge is 0.0531 e. The van der Waals surface area contributed by atoms with E-state index in [1.54, 1.807) is 0 Å². The Bertz CT molecular complexity index is 1260. The summed E-state index contributed by atoms with van der Waals surface area (Å²) >= 11 is 7.79. The molecule has 4 heterocycles. The Morgan fingerprint density at radius 2 is 0.893 bits per heavy atom. The molecular formula is C24H22S4. The van der Waals surface area contributed by atoms with Crippen LogP contribution in [-0.2, 0) is 0 Å². The van der Waals surface area contributed by atoms with Crippen LogP contribution in [0, 0.1) is 41.5 Å². The topological polar surface area (TPSA) is 0 Å². The minimum Gasteiger partial charge on any atom is -0.139 e. The van der Waals surface area contributed by atoms with E-state index in [4.69, 9.17) is 0 Å². The van der Waals surface area contributed by atoms with Gasteiger partial charge in [0, 0.05) is 29.3 Å². The number of thiophene rings is 4. The molecule has 0 N–H and O–H groups in total. The third-order valence-electron chi connectivity index (χ3n) is 5.57. The molecule has 0 radical (unpaired) electrons. The predicted octanol–water partition coefficient (Wildman–Crippen LogP) is 9.42. The number of fused-ring (bicyclic) bond motifs is 3. The lowest BCUT2D eigenvalue weighted by atomic mass is 10.0. The molecule has 0 saturated carbocycles. The summed E-state index contributed by atoms with van der Waals surface area (Å²) in [4.78, 5) is 8.49. The fourth-order valence-electron chi connectivity index (χ4n) is 4.08. The van der Waals surface area contributed by atoms with Gasteiger partial charge in [0.15, 0.2) is 0 Å². The minimum atomic E-state index is 1.39. The number of rotatable bonds is 2. The van der Waals surface area contributed by atoms with Gasteiger partial charge < -0.3 is 0 Å². The fourth-order valence-corrected chi connectivity index (χ4v) is 9.05. The molecule has 0 aliphatic carbocycles. The van der Waals surface area contributed by atoms with Gasteiger partial charge in [0.05, 0.1) is 9.40 Å². The highest BCUT2D eigenvalue weighted by Crippen LogP contribution is 2.48. The van der Waals surface area contributed by atoms with Gasteiger partial charge in [0.2, 0.25) is 0 Å². The van der Waals surface area contributed by atoms with E-state index in [1.165, 1.54) is 71.7 Å². The molecule has 0 saturated heterocycles. The Morgan fingerprint density at radius 1 is 0.500 bits per heavy atom. The van der Waals surface area contributed by atoms with Crippen LogP contribution < -0.4 is 0 Å². The van der Waals surface area contributed by atoms with Crippen molar-refractivity contribution in [1.29, 1.82) is 0 Å². The highest BCUT2D eigenvalue weighted by atomic mass is 32.1. The molecule has 5 rings (SSSR count). The van der Waals surface area contributed by atoms with Crippen LogP contribution in [0.2, 0.25) is 0 Å². The molecule has 28 heavy (non-hydrogen) atoms. The largest absolute Gasteiger partial charge is 0.139 e. The van der Waals surface area contributed by atoms with Crippen LogP contribution in [0.1, 0.15) is 32.0 Å². The molecule has 5 aromatic rings. The van der Waals surface area contributed by atoms with Crippen molar-refractivity contribution in [2.45, 2.75) is 41.5 Å².